The molecule has 0 amide bonds. The zero-order valence-corrected chi connectivity index (χ0v) is 4.90. The molecule has 52 valence electrons. The number of halogens is 2. The van der Waals surface area contributed by atoms with Gasteiger partial charge >= 0.3 is 5.69 Å². The second kappa shape index (κ2) is 2.51. The van der Waals surface area contributed by atoms with E-state index in [2.05, 4.69) is 0 Å². The number of nitroso groups, excluding NO2 is 1. The summed E-state index contributed by atoms with van der Waals surface area (Å²) < 4.78 is 24.7. The van der Waals surface area contributed by atoms with Crippen LogP contribution in [0.5, 0.6) is 0 Å². The molecule has 1 aromatic carbocycles. The smallest absolute Gasteiger partial charge is 0.199 e. The Morgan fingerprint density at radius 2 is 1.70 bits per heavy atom. The van der Waals surface area contributed by atoms with Crippen LogP contribution in [0.3, 0.4) is 0 Å². The van der Waals surface area contributed by atoms with E-state index in [9.17, 15) is 13.7 Å². The van der Waals surface area contributed by atoms with Crippen molar-refractivity contribution < 1.29 is 14.0 Å². The van der Waals surface area contributed by atoms with Gasteiger partial charge in [-0.1, -0.05) is 6.07 Å². The van der Waals surface area contributed by atoms with Crippen molar-refractivity contribution in [2.24, 2.45) is 0 Å². The van der Waals surface area contributed by atoms with E-state index < -0.39 is 17.3 Å². The highest BCUT2D eigenvalue weighted by Gasteiger charge is 2.13. The Bertz CT molecular complexity index is 242. The Morgan fingerprint density at radius 3 is 2.00 bits per heavy atom. The van der Waals surface area contributed by atoms with Crippen molar-refractivity contribution >= 4 is 5.69 Å². The molecule has 0 aliphatic carbocycles. The van der Waals surface area contributed by atoms with Gasteiger partial charge in [-0.05, 0) is 12.1 Å². The van der Waals surface area contributed by atoms with Gasteiger partial charge in [-0.25, -0.2) is 0 Å². The van der Waals surface area contributed by atoms with Crippen molar-refractivity contribution in [1.82, 2.24) is 0 Å². The molecule has 0 aliphatic heterocycles. The van der Waals surface area contributed by atoms with Crippen molar-refractivity contribution in [1.29, 1.82) is 0 Å². The number of hydrogen-bond acceptors (Lipinski definition) is 1. The minimum atomic E-state index is -0.880. The van der Waals surface area contributed by atoms with Crippen molar-refractivity contribution in [2.45, 2.75) is 0 Å². The van der Waals surface area contributed by atoms with E-state index in [1.165, 1.54) is 6.07 Å². The molecule has 1 aromatic rings. The van der Waals surface area contributed by atoms with Crippen LogP contribution in [0.4, 0.5) is 14.5 Å². The molecule has 0 saturated carbocycles. The van der Waals surface area contributed by atoms with Crippen molar-refractivity contribution in [3.8, 4) is 0 Å². The number of nitrogens with one attached hydrogen (secondary N) is 1. The van der Waals surface area contributed by atoms with Crippen molar-refractivity contribution in [3.63, 3.8) is 0 Å². The van der Waals surface area contributed by atoms with Gasteiger partial charge in [0.1, 0.15) is 0 Å². The normalized spacial score (nSPS) is 9.40. The number of hydrogen-bond donors (Lipinski definition) is 1. The quantitative estimate of drug-likeness (QED) is 0.609. The maximum Gasteiger partial charge on any atom is 0.324 e. The molecule has 0 aliphatic rings. The largest absolute Gasteiger partial charge is 0.324 e. The number of para-hydroxylation sites is 1. The van der Waals surface area contributed by atoms with Gasteiger partial charge in [0.05, 0.1) is 0 Å². The van der Waals surface area contributed by atoms with Crippen LogP contribution >= 0.6 is 0 Å². The molecule has 2 nitrogen and oxygen atoms in total. The molecule has 0 heterocycles. The predicted molar refractivity (Wildman–Crippen MR) is 30.3 cm³/mol. The van der Waals surface area contributed by atoms with E-state index in [0.29, 0.717) is 0 Å². The maximum atomic E-state index is 12.3. The molecule has 4 heteroatoms. The lowest BCUT2D eigenvalue weighted by atomic mass is 10.3. The molecule has 10 heavy (non-hydrogen) atoms. The van der Waals surface area contributed by atoms with Crippen LogP contribution in [0.15, 0.2) is 18.2 Å². The minimum absolute atomic E-state index is 0.637. The third-order valence-corrected chi connectivity index (χ3v) is 1.06. The summed E-state index contributed by atoms with van der Waals surface area (Å²) in [7, 11) is 0. The molecule has 0 fully saturated rings. The fourth-order valence-corrected chi connectivity index (χ4v) is 0.595. The topological polar surface area (TPSA) is 31.0 Å². The first-order valence-corrected chi connectivity index (χ1v) is 2.58. The molecule has 0 unspecified atom stereocenters. The summed E-state index contributed by atoms with van der Waals surface area (Å²) in [6.07, 6.45) is 0. The lowest BCUT2D eigenvalue weighted by Gasteiger charge is -1.86. The maximum absolute atomic E-state index is 12.3. The lowest BCUT2D eigenvalue weighted by molar-refractivity contribution is -0.385. The Morgan fingerprint density at radius 1 is 1.20 bits per heavy atom. The average Bonchev–Trinajstić information content (AvgIpc) is 1.88. The Kier molecular flexibility index (Phi) is 1.71. The van der Waals surface area contributed by atoms with Crippen LogP contribution in [0.1, 0.15) is 0 Å². The van der Waals surface area contributed by atoms with Gasteiger partial charge in [0.15, 0.2) is 0 Å². The predicted octanol–water partition coefficient (Wildman–Crippen LogP) is 0.443. The number of benzene rings is 1. The van der Waals surface area contributed by atoms with E-state index in [0.717, 1.165) is 17.3 Å². The zero-order chi connectivity index (χ0) is 7.56. The minimum Gasteiger partial charge on any atom is -0.199 e. The summed E-state index contributed by atoms with van der Waals surface area (Å²) in [5.74, 6) is -1.76. The molecular weight excluding hydrogens is 140 g/mol. The van der Waals surface area contributed by atoms with Crippen LogP contribution in [0.2, 0.25) is 0 Å². The van der Waals surface area contributed by atoms with Gasteiger partial charge in [0.2, 0.25) is 11.6 Å². The van der Waals surface area contributed by atoms with Crippen LogP contribution < -0.4 is 5.18 Å². The van der Waals surface area contributed by atoms with Gasteiger partial charge in [0.25, 0.3) is 0 Å². The lowest BCUT2D eigenvalue weighted by Crippen LogP contribution is -2.57. The van der Waals surface area contributed by atoms with Crippen LogP contribution in [-0.4, -0.2) is 0 Å². The summed E-state index contributed by atoms with van der Waals surface area (Å²) in [5, 5.41) is 1.16. The monoisotopic (exact) mass is 144 g/mol. The fraction of sp³-hybridized carbons (Fsp3) is 0. The molecule has 0 bridgehead atoms. The molecule has 1 rings (SSSR count). The highest BCUT2D eigenvalue weighted by Crippen LogP contribution is 2.10. The molecule has 0 atom stereocenters. The first-order valence-electron chi connectivity index (χ1n) is 2.58. The van der Waals surface area contributed by atoms with Gasteiger partial charge < -0.3 is 0 Å². The molecule has 0 spiro atoms. The average molecular weight is 144 g/mol. The fourth-order valence-electron chi connectivity index (χ4n) is 0.595. The first kappa shape index (κ1) is 6.80. The zero-order valence-electron chi connectivity index (χ0n) is 4.90. The molecular formula is C6H4F2NO+. The Hall–Kier alpha value is -1.32. The van der Waals surface area contributed by atoms with Crippen molar-refractivity contribution in [2.75, 3.05) is 0 Å². The summed E-state index contributed by atoms with van der Waals surface area (Å²) in [6, 6.07) is 3.19. The Balaban J connectivity index is 3.30. The number of rotatable bonds is 1. The first-order chi connectivity index (χ1) is 4.75. The third kappa shape index (κ3) is 1.00. The van der Waals surface area contributed by atoms with Gasteiger partial charge in [-0.15, -0.1) is 0 Å². The highest BCUT2D eigenvalue weighted by atomic mass is 19.1. The van der Waals surface area contributed by atoms with Crippen LogP contribution in [-0.2, 0) is 0 Å². The van der Waals surface area contributed by atoms with Crippen molar-refractivity contribution in [3.05, 3.63) is 34.7 Å². The molecule has 0 radical (unpaired) electrons. The van der Waals surface area contributed by atoms with Crippen LogP contribution in [0, 0.1) is 16.5 Å². The molecule has 0 saturated heterocycles. The third-order valence-electron chi connectivity index (χ3n) is 1.06. The van der Waals surface area contributed by atoms with Crippen LogP contribution in [0.25, 0.3) is 0 Å². The van der Waals surface area contributed by atoms with E-state index in [1.807, 2.05) is 0 Å². The summed E-state index contributed by atoms with van der Waals surface area (Å²) >= 11 is 0. The Labute approximate surface area is 55.5 Å². The molecule has 1 N–H and O–H groups in total. The van der Waals surface area contributed by atoms with E-state index in [-0.39, 0.29) is 0 Å². The van der Waals surface area contributed by atoms with Gasteiger partial charge in [0, 0.05) is 10.1 Å². The summed E-state index contributed by atoms with van der Waals surface area (Å²) in [4.78, 5) is 9.84. The van der Waals surface area contributed by atoms with E-state index >= 15 is 0 Å². The second-order valence-corrected chi connectivity index (χ2v) is 1.70. The second-order valence-electron chi connectivity index (χ2n) is 1.70. The SMILES string of the molecule is O=[NH+]c1c(F)cccc1F. The summed E-state index contributed by atoms with van der Waals surface area (Å²) in [6.45, 7) is 0. The molecule has 0 aromatic heterocycles. The highest BCUT2D eigenvalue weighted by molar-refractivity contribution is 5.31. The van der Waals surface area contributed by atoms with Gasteiger partial charge in [-0.2, -0.15) is 8.78 Å². The summed E-state index contributed by atoms with van der Waals surface area (Å²) in [5.41, 5.74) is -0.637. The van der Waals surface area contributed by atoms with E-state index in [1.54, 1.807) is 0 Å². The van der Waals surface area contributed by atoms with E-state index in [4.69, 9.17) is 0 Å². The standard InChI is InChI=1S/C6H3F2NO/c7-4-2-1-3-5(8)6(4)9-10/h1-3H/p+1. The van der Waals surface area contributed by atoms with Gasteiger partial charge in [-0.3, -0.25) is 0 Å².